The van der Waals surface area contributed by atoms with Gasteiger partial charge in [0.1, 0.15) is 5.75 Å². The summed E-state index contributed by atoms with van der Waals surface area (Å²) in [5.41, 5.74) is 0.663. The van der Waals surface area contributed by atoms with Gasteiger partial charge in [0.15, 0.2) is 0 Å². The van der Waals surface area contributed by atoms with Crippen molar-refractivity contribution in [1.29, 1.82) is 0 Å². The van der Waals surface area contributed by atoms with E-state index in [0.29, 0.717) is 11.4 Å². The molecule has 0 N–H and O–H groups in total. The highest BCUT2D eigenvalue weighted by Crippen LogP contribution is 2.26. The molecule has 1 heterocycles. The van der Waals surface area contributed by atoms with E-state index in [1.54, 1.807) is 30.3 Å². The number of hydrogen-bond acceptors (Lipinski definition) is 4. The largest absolute Gasteiger partial charge is 0.423 e. The minimum atomic E-state index is -0.549. The van der Waals surface area contributed by atoms with Crippen molar-refractivity contribution in [2.75, 3.05) is 4.90 Å². The second kappa shape index (κ2) is 6.96. The van der Waals surface area contributed by atoms with Crippen LogP contribution in [-0.4, -0.2) is 17.8 Å². The molecule has 0 bridgehead atoms. The summed E-state index contributed by atoms with van der Waals surface area (Å²) in [5, 5.41) is 1.97. The molecule has 3 aromatic rings. The van der Waals surface area contributed by atoms with Crippen LogP contribution in [0.2, 0.25) is 0 Å². The van der Waals surface area contributed by atoms with Gasteiger partial charge in [-0.15, -0.1) is 0 Å². The Kier molecular flexibility index (Phi) is 4.49. The molecule has 27 heavy (non-hydrogen) atoms. The molecule has 0 aromatic heterocycles. The van der Waals surface area contributed by atoms with E-state index >= 15 is 0 Å². The topological polar surface area (TPSA) is 63.7 Å². The van der Waals surface area contributed by atoms with Gasteiger partial charge in [-0.3, -0.25) is 14.5 Å². The molecule has 1 aliphatic rings. The highest BCUT2D eigenvalue weighted by molar-refractivity contribution is 9.10. The lowest BCUT2D eigenvalue weighted by atomic mass is 10.1. The van der Waals surface area contributed by atoms with Crippen LogP contribution in [0.1, 0.15) is 23.2 Å². The van der Waals surface area contributed by atoms with Gasteiger partial charge < -0.3 is 4.74 Å². The first-order chi connectivity index (χ1) is 13.0. The SMILES string of the molecule is O=C(Oc1ccc2cc(Br)ccc2c1)c1cccc(N2C(=O)CCC2=O)c1. The van der Waals surface area contributed by atoms with E-state index in [4.69, 9.17) is 4.74 Å². The van der Waals surface area contributed by atoms with Crippen molar-refractivity contribution in [3.05, 3.63) is 70.7 Å². The summed E-state index contributed by atoms with van der Waals surface area (Å²) in [6.07, 6.45) is 0.390. The Morgan fingerprint density at radius 2 is 1.59 bits per heavy atom. The minimum Gasteiger partial charge on any atom is -0.423 e. The van der Waals surface area contributed by atoms with Gasteiger partial charge >= 0.3 is 5.97 Å². The summed E-state index contributed by atoms with van der Waals surface area (Å²) in [5.74, 6) is -0.640. The van der Waals surface area contributed by atoms with Crippen LogP contribution in [-0.2, 0) is 9.59 Å². The van der Waals surface area contributed by atoms with Crippen LogP contribution < -0.4 is 9.64 Å². The van der Waals surface area contributed by atoms with Crippen molar-refractivity contribution in [2.24, 2.45) is 0 Å². The maximum absolute atomic E-state index is 12.5. The molecule has 134 valence electrons. The zero-order chi connectivity index (χ0) is 19.0. The van der Waals surface area contributed by atoms with Gasteiger partial charge in [0.25, 0.3) is 0 Å². The van der Waals surface area contributed by atoms with Crippen LogP contribution in [0.15, 0.2) is 65.1 Å². The van der Waals surface area contributed by atoms with E-state index in [1.807, 2.05) is 24.3 Å². The van der Waals surface area contributed by atoms with Gasteiger partial charge in [-0.1, -0.05) is 34.1 Å². The zero-order valence-electron chi connectivity index (χ0n) is 14.1. The summed E-state index contributed by atoms with van der Waals surface area (Å²) in [7, 11) is 0. The van der Waals surface area contributed by atoms with Crippen molar-refractivity contribution in [2.45, 2.75) is 12.8 Å². The molecule has 2 amide bonds. The van der Waals surface area contributed by atoms with Crippen LogP contribution in [0.25, 0.3) is 10.8 Å². The number of anilines is 1. The Balaban J connectivity index is 1.58. The lowest BCUT2D eigenvalue weighted by molar-refractivity contribution is -0.121. The summed E-state index contributed by atoms with van der Waals surface area (Å²) in [4.78, 5) is 37.4. The molecule has 1 aliphatic heterocycles. The van der Waals surface area contributed by atoms with E-state index in [-0.39, 0.29) is 30.2 Å². The molecule has 0 saturated carbocycles. The normalized spacial score (nSPS) is 14.0. The first-order valence-corrected chi connectivity index (χ1v) is 9.18. The Bertz CT molecular complexity index is 1080. The number of imide groups is 1. The van der Waals surface area contributed by atoms with Crippen molar-refractivity contribution >= 4 is 50.2 Å². The number of nitrogens with zero attached hydrogens (tertiary/aromatic N) is 1. The van der Waals surface area contributed by atoms with Crippen LogP contribution in [0.3, 0.4) is 0 Å². The number of fused-ring (bicyclic) bond motifs is 1. The summed E-state index contributed by atoms with van der Waals surface area (Å²) < 4.78 is 6.45. The number of benzene rings is 3. The van der Waals surface area contributed by atoms with E-state index in [1.165, 1.54) is 6.07 Å². The third-order valence-electron chi connectivity index (χ3n) is 4.38. The fourth-order valence-corrected chi connectivity index (χ4v) is 3.44. The second-order valence-corrected chi connectivity index (χ2v) is 7.13. The number of carbonyl (C=O) groups is 3. The van der Waals surface area contributed by atoms with Crippen LogP contribution in [0.4, 0.5) is 5.69 Å². The molecule has 0 aliphatic carbocycles. The monoisotopic (exact) mass is 423 g/mol. The predicted molar refractivity (Wildman–Crippen MR) is 105 cm³/mol. The molecule has 1 fully saturated rings. The third-order valence-corrected chi connectivity index (χ3v) is 4.87. The van der Waals surface area contributed by atoms with Crippen LogP contribution in [0.5, 0.6) is 5.75 Å². The molecular formula is C21H14BrNO4. The number of ether oxygens (including phenoxy) is 1. The molecule has 0 radical (unpaired) electrons. The molecule has 0 atom stereocenters. The average Bonchev–Trinajstić information content (AvgIpc) is 3.00. The number of rotatable bonds is 3. The van der Waals surface area contributed by atoms with E-state index in [9.17, 15) is 14.4 Å². The van der Waals surface area contributed by atoms with E-state index in [2.05, 4.69) is 15.9 Å². The predicted octanol–water partition coefficient (Wildman–Crippen LogP) is 4.47. The van der Waals surface area contributed by atoms with Crippen LogP contribution in [0, 0.1) is 0 Å². The highest BCUT2D eigenvalue weighted by atomic mass is 79.9. The Morgan fingerprint density at radius 3 is 2.37 bits per heavy atom. The van der Waals surface area contributed by atoms with Gasteiger partial charge in [-0.25, -0.2) is 4.79 Å². The summed E-state index contributed by atoms with van der Waals surface area (Å²) in [6, 6.07) is 17.6. The molecule has 6 heteroatoms. The van der Waals surface area contributed by atoms with Gasteiger partial charge in [-0.2, -0.15) is 0 Å². The summed E-state index contributed by atoms with van der Waals surface area (Å²) >= 11 is 3.43. The highest BCUT2D eigenvalue weighted by Gasteiger charge is 2.30. The van der Waals surface area contributed by atoms with Crippen molar-refractivity contribution < 1.29 is 19.1 Å². The summed E-state index contributed by atoms with van der Waals surface area (Å²) in [6.45, 7) is 0. The van der Waals surface area contributed by atoms with Gasteiger partial charge in [0.05, 0.1) is 11.3 Å². The first-order valence-electron chi connectivity index (χ1n) is 8.38. The van der Waals surface area contributed by atoms with Crippen molar-refractivity contribution in [3.63, 3.8) is 0 Å². The fourth-order valence-electron chi connectivity index (χ4n) is 3.06. The smallest absolute Gasteiger partial charge is 0.343 e. The number of carbonyl (C=O) groups excluding carboxylic acids is 3. The zero-order valence-corrected chi connectivity index (χ0v) is 15.7. The van der Waals surface area contributed by atoms with Gasteiger partial charge in [-0.05, 0) is 53.2 Å². The van der Waals surface area contributed by atoms with E-state index < -0.39 is 5.97 Å². The fraction of sp³-hybridized carbons (Fsp3) is 0.0952. The molecule has 0 unspecified atom stereocenters. The Morgan fingerprint density at radius 1 is 0.889 bits per heavy atom. The maximum atomic E-state index is 12.5. The molecular weight excluding hydrogens is 410 g/mol. The Labute approximate surface area is 163 Å². The molecule has 3 aromatic carbocycles. The second-order valence-electron chi connectivity index (χ2n) is 6.22. The number of esters is 1. The molecule has 5 nitrogen and oxygen atoms in total. The quantitative estimate of drug-likeness (QED) is 0.354. The minimum absolute atomic E-state index is 0.195. The van der Waals surface area contributed by atoms with Crippen LogP contribution >= 0.6 is 15.9 Å². The number of hydrogen-bond donors (Lipinski definition) is 0. The average molecular weight is 424 g/mol. The Hall–Kier alpha value is -2.99. The van der Waals surface area contributed by atoms with Crippen molar-refractivity contribution in [1.82, 2.24) is 0 Å². The molecule has 4 rings (SSSR count). The molecule has 1 saturated heterocycles. The van der Waals surface area contributed by atoms with Gasteiger partial charge in [0, 0.05) is 17.3 Å². The van der Waals surface area contributed by atoms with E-state index in [0.717, 1.165) is 20.1 Å². The number of amides is 2. The lowest BCUT2D eigenvalue weighted by Gasteiger charge is -2.14. The standard InChI is InChI=1S/C21H14BrNO4/c22-16-6-4-14-12-18(7-5-13(14)10-16)27-21(26)15-2-1-3-17(11-15)23-19(24)8-9-20(23)25/h1-7,10-12H,8-9H2. The van der Waals surface area contributed by atoms with Gasteiger partial charge in [0.2, 0.25) is 11.8 Å². The molecule has 0 spiro atoms. The maximum Gasteiger partial charge on any atom is 0.343 e. The number of halogens is 1. The lowest BCUT2D eigenvalue weighted by Crippen LogP contribution is -2.28. The van der Waals surface area contributed by atoms with Crippen molar-refractivity contribution in [3.8, 4) is 5.75 Å². The first kappa shape index (κ1) is 17.4. The third kappa shape index (κ3) is 3.48.